The fourth-order valence-electron chi connectivity index (χ4n) is 2.59. The summed E-state index contributed by atoms with van der Waals surface area (Å²) in [6, 6.07) is 4.53. The molecule has 0 fully saturated rings. The summed E-state index contributed by atoms with van der Waals surface area (Å²) in [5, 5.41) is 3.43. The van der Waals surface area contributed by atoms with Gasteiger partial charge in [0.05, 0.1) is 6.04 Å². The van der Waals surface area contributed by atoms with E-state index in [1.807, 2.05) is 25.5 Å². The van der Waals surface area contributed by atoms with Gasteiger partial charge in [-0.05, 0) is 44.4 Å². The first-order valence-corrected chi connectivity index (χ1v) is 6.68. The van der Waals surface area contributed by atoms with Gasteiger partial charge in [0.25, 0.3) is 0 Å². The van der Waals surface area contributed by atoms with Gasteiger partial charge in [0.15, 0.2) is 0 Å². The molecule has 17 heavy (non-hydrogen) atoms. The molecule has 1 aliphatic carbocycles. The molecule has 1 aromatic heterocycles. The minimum atomic E-state index is 0.349. The van der Waals surface area contributed by atoms with Gasteiger partial charge < -0.3 is 5.32 Å². The quantitative estimate of drug-likeness (QED) is 0.802. The lowest BCUT2D eigenvalue weighted by molar-refractivity contribution is 0.573. The summed E-state index contributed by atoms with van der Waals surface area (Å²) in [5.74, 6) is 0. The highest BCUT2D eigenvalue weighted by Gasteiger charge is 2.15. The molecule has 0 saturated carbocycles. The van der Waals surface area contributed by atoms with Crippen LogP contribution in [0.5, 0.6) is 0 Å². The summed E-state index contributed by atoms with van der Waals surface area (Å²) in [4.78, 5) is 4.22. The number of hydrogen-bond acceptors (Lipinski definition) is 2. The van der Waals surface area contributed by atoms with Crippen molar-refractivity contribution in [2.45, 2.75) is 44.6 Å². The van der Waals surface area contributed by atoms with E-state index in [-0.39, 0.29) is 0 Å². The summed E-state index contributed by atoms with van der Waals surface area (Å²) in [7, 11) is 2.04. The van der Waals surface area contributed by atoms with E-state index in [0.29, 0.717) is 6.04 Å². The van der Waals surface area contributed by atoms with E-state index >= 15 is 0 Å². The van der Waals surface area contributed by atoms with Crippen LogP contribution in [-0.2, 0) is 0 Å². The van der Waals surface area contributed by atoms with Crippen LogP contribution in [-0.4, -0.2) is 12.0 Å². The minimum absolute atomic E-state index is 0.349. The Labute approximate surface area is 104 Å². The Hall–Kier alpha value is -1.15. The van der Waals surface area contributed by atoms with Crippen LogP contribution in [0.15, 0.2) is 36.2 Å². The maximum absolute atomic E-state index is 4.22. The van der Waals surface area contributed by atoms with Crippen molar-refractivity contribution in [1.82, 2.24) is 10.3 Å². The monoisotopic (exact) mass is 230 g/mol. The number of hydrogen-bond donors (Lipinski definition) is 1. The lowest BCUT2D eigenvalue weighted by atomic mass is 9.92. The van der Waals surface area contributed by atoms with Crippen molar-refractivity contribution in [2.24, 2.45) is 0 Å². The molecule has 0 spiro atoms. The number of rotatable bonds is 3. The van der Waals surface area contributed by atoms with Crippen molar-refractivity contribution < 1.29 is 0 Å². The van der Waals surface area contributed by atoms with Gasteiger partial charge in [-0.15, -0.1) is 0 Å². The van der Waals surface area contributed by atoms with E-state index in [4.69, 9.17) is 0 Å². The molecule has 0 saturated heterocycles. The fraction of sp³-hybridized carbons (Fsp3) is 0.533. The SMILES string of the molecule is CNC(/C1=C/CCCCCC1)c1cccnc1. The largest absolute Gasteiger partial charge is 0.310 e. The van der Waals surface area contributed by atoms with Crippen LogP contribution >= 0.6 is 0 Å². The summed E-state index contributed by atoms with van der Waals surface area (Å²) in [5.41, 5.74) is 2.82. The summed E-state index contributed by atoms with van der Waals surface area (Å²) >= 11 is 0. The van der Waals surface area contributed by atoms with Gasteiger partial charge in [-0.1, -0.05) is 30.6 Å². The van der Waals surface area contributed by atoms with Crippen molar-refractivity contribution in [2.75, 3.05) is 7.05 Å². The first-order chi connectivity index (χ1) is 8.42. The number of allylic oxidation sites excluding steroid dienone is 1. The molecule has 2 rings (SSSR count). The van der Waals surface area contributed by atoms with E-state index in [2.05, 4.69) is 22.4 Å². The number of aromatic nitrogens is 1. The highest BCUT2D eigenvalue weighted by Crippen LogP contribution is 2.27. The van der Waals surface area contributed by atoms with E-state index in [0.717, 1.165) is 0 Å². The van der Waals surface area contributed by atoms with Crippen molar-refractivity contribution in [3.8, 4) is 0 Å². The predicted molar refractivity (Wildman–Crippen MR) is 71.8 cm³/mol. The Bertz CT molecular complexity index is 356. The lowest BCUT2D eigenvalue weighted by Crippen LogP contribution is -2.19. The van der Waals surface area contributed by atoms with Crippen molar-refractivity contribution >= 4 is 0 Å². The molecule has 2 heteroatoms. The third-order valence-electron chi connectivity index (χ3n) is 3.50. The highest BCUT2D eigenvalue weighted by atomic mass is 14.9. The molecule has 1 atom stereocenters. The second-order valence-corrected chi connectivity index (χ2v) is 4.74. The smallest absolute Gasteiger partial charge is 0.0548 e. The topological polar surface area (TPSA) is 24.9 Å². The normalized spacial score (nSPS) is 22.1. The zero-order valence-corrected chi connectivity index (χ0v) is 10.7. The Morgan fingerprint density at radius 2 is 2.12 bits per heavy atom. The minimum Gasteiger partial charge on any atom is -0.310 e. The molecule has 0 aromatic carbocycles. The van der Waals surface area contributed by atoms with E-state index < -0.39 is 0 Å². The Morgan fingerprint density at radius 1 is 1.24 bits per heavy atom. The van der Waals surface area contributed by atoms with Crippen LogP contribution in [0.4, 0.5) is 0 Å². The molecule has 1 unspecified atom stereocenters. The third kappa shape index (κ3) is 3.40. The molecule has 0 bridgehead atoms. The fourth-order valence-corrected chi connectivity index (χ4v) is 2.59. The molecular formula is C15H22N2. The van der Waals surface area contributed by atoms with Crippen LogP contribution in [0, 0.1) is 0 Å². The number of likely N-dealkylation sites (N-methyl/N-ethyl adjacent to an activating group) is 1. The van der Waals surface area contributed by atoms with Gasteiger partial charge in [0.2, 0.25) is 0 Å². The van der Waals surface area contributed by atoms with E-state index in [1.165, 1.54) is 44.1 Å². The van der Waals surface area contributed by atoms with Crippen molar-refractivity contribution in [1.29, 1.82) is 0 Å². The van der Waals surface area contributed by atoms with Crippen molar-refractivity contribution in [3.63, 3.8) is 0 Å². The highest BCUT2D eigenvalue weighted by molar-refractivity contribution is 5.25. The average molecular weight is 230 g/mol. The van der Waals surface area contributed by atoms with Crippen molar-refractivity contribution in [3.05, 3.63) is 41.7 Å². The number of pyridine rings is 1. The van der Waals surface area contributed by atoms with Crippen LogP contribution in [0.2, 0.25) is 0 Å². The first-order valence-electron chi connectivity index (χ1n) is 6.68. The van der Waals surface area contributed by atoms with Gasteiger partial charge in [0.1, 0.15) is 0 Å². The third-order valence-corrected chi connectivity index (χ3v) is 3.50. The Balaban J connectivity index is 2.16. The molecule has 1 aromatic rings. The second kappa shape index (κ2) is 6.55. The van der Waals surface area contributed by atoms with Gasteiger partial charge in [-0.25, -0.2) is 0 Å². The maximum atomic E-state index is 4.22. The van der Waals surface area contributed by atoms with Crippen LogP contribution in [0.1, 0.15) is 50.1 Å². The van der Waals surface area contributed by atoms with Gasteiger partial charge in [0, 0.05) is 12.4 Å². The van der Waals surface area contributed by atoms with E-state index in [1.54, 1.807) is 5.57 Å². The lowest BCUT2D eigenvalue weighted by Gasteiger charge is -2.22. The second-order valence-electron chi connectivity index (χ2n) is 4.74. The summed E-state index contributed by atoms with van der Waals surface area (Å²) < 4.78 is 0. The molecule has 0 aliphatic heterocycles. The molecule has 0 amide bonds. The molecule has 1 aliphatic rings. The number of nitrogens with zero attached hydrogens (tertiary/aromatic N) is 1. The van der Waals surface area contributed by atoms with E-state index in [9.17, 15) is 0 Å². The Kier molecular flexibility index (Phi) is 4.75. The predicted octanol–water partition coefficient (Wildman–Crippen LogP) is 3.62. The first kappa shape index (κ1) is 12.3. The zero-order valence-electron chi connectivity index (χ0n) is 10.7. The molecule has 92 valence electrons. The van der Waals surface area contributed by atoms with Gasteiger partial charge >= 0.3 is 0 Å². The van der Waals surface area contributed by atoms with Crippen LogP contribution in [0.3, 0.4) is 0 Å². The van der Waals surface area contributed by atoms with Gasteiger partial charge in [-0.3, -0.25) is 4.98 Å². The molecule has 1 heterocycles. The summed E-state index contributed by atoms with van der Waals surface area (Å²) in [6.07, 6.45) is 14.1. The Morgan fingerprint density at radius 3 is 2.88 bits per heavy atom. The number of nitrogens with one attached hydrogen (secondary N) is 1. The van der Waals surface area contributed by atoms with Gasteiger partial charge in [-0.2, -0.15) is 0 Å². The molecule has 0 radical (unpaired) electrons. The molecular weight excluding hydrogens is 208 g/mol. The maximum Gasteiger partial charge on any atom is 0.0548 e. The van der Waals surface area contributed by atoms with Crippen LogP contribution in [0.25, 0.3) is 0 Å². The standard InChI is InChI=1S/C15H22N2/c1-16-15(14-10-7-11-17-12-14)13-8-5-3-2-4-6-9-13/h7-8,10-12,15-16H,2-6,9H2,1H3/b13-8+. The molecule has 1 N–H and O–H groups in total. The summed E-state index contributed by atoms with van der Waals surface area (Å²) in [6.45, 7) is 0. The zero-order chi connectivity index (χ0) is 11.9. The molecule has 2 nitrogen and oxygen atoms in total. The van der Waals surface area contributed by atoms with Crippen LogP contribution < -0.4 is 5.32 Å². The average Bonchev–Trinajstić information content (AvgIpc) is 2.34.